The van der Waals surface area contributed by atoms with E-state index in [4.69, 9.17) is 0 Å². The largest absolute Gasteiger partial charge is 0.345 e. The van der Waals surface area contributed by atoms with Crippen molar-refractivity contribution in [3.8, 4) is 0 Å². The van der Waals surface area contributed by atoms with Gasteiger partial charge in [0.2, 0.25) is 0 Å². The van der Waals surface area contributed by atoms with Gasteiger partial charge in [-0.15, -0.1) is 0 Å². The van der Waals surface area contributed by atoms with Gasteiger partial charge < -0.3 is 4.98 Å². The molecule has 1 N–H and O–H groups in total. The molecule has 0 aliphatic rings. The van der Waals surface area contributed by atoms with Gasteiger partial charge >= 0.3 is 5.69 Å². The summed E-state index contributed by atoms with van der Waals surface area (Å²) >= 11 is 0. The molecule has 0 aromatic carbocycles. The van der Waals surface area contributed by atoms with Crippen LogP contribution < -0.4 is 5.69 Å². The highest BCUT2D eigenvalue weighted by Gasteiger charge is 1.98. The van der Waals surface area contributed by atoms with Crippen LogP contribution in [0.3, 0.4) is 0 Å². The number of aromatic nitrogens is 2. The van der Waals surface area contributed by atoms with E-state index in [9.17, 15) is 9.18 Å². The van der Waals surface area contributed by atoms with Crippen LogP contribution in [0.15, 0.2) is 11.0 Å². The maximum absolute atomic E-state index is 12.5. The zero-order valence-electron chi connectivity index (χ0n) is 5.52. The summed E-state index contributed by atoms with van der Waals surface area (Å²) in [5.74, 6) is -0.456. The van der Waals surface area contributed by atoms with E-state index in [1.54, 1.807) is 6.92 Å². The Morgan fingerprint density at radius 1 is 1.80 bits per heavy atom. The van der Waals surface area contributed by atoms with Crippen LogP contribution >= 0.6 is 0 Å². The molecule has 0 unspecified atom stereocenters. The summed E-state index contributed by atoms with van der Waals surface area (Å²) in [6.07, 6.45) is 1.40. The van der Waals surface area contributed by atoms with Crippen molar-refractivity contribution in [1.82, 2.24) is 9.97 Å². The van der Waals surface area contributed by atoms with E-state index in [0.29, 0.717) is 12.1 Å². The summed E-state index contributed by atoms with van der Waals surface area (Å²) in [4.78, 5) is 16.0. The Hall–Kier alpha value is -1.19. The lowest BCUT2D eigenvalue weighted by Gasteiger charge is -1.94. The van der Waals surface area contributed by atoms with E-state index in [2.05, 4.69) is 9.97 Å². The van der Waals surface area contributed by atoms with Crippen molar-refractivity contribution in [2.45, 2.75) is 13.3 Å². The Balaban J connectivity index is 3.22. The lowest BCUT2D eigenvalue weighted by atomic mass is 10.3. The van der Waals surface area contributed by atoms with Gasteiger partial charge in [0.05, 0.1) is 11.9 Å². The Kier molecular flexibility index (Phi) is 1.80. The zero-order chi connectivity index (χ0) is 7.56. The molecule has 0 aliphatic heterocycles. The lowest BCUT2D eigenvalue weighted by molar-refractivity contribution is 0.590. The maximum Gasteiger partial charge on any atom is 0.345 e. The molecule has 1 aromatic heterocycles. The molecule has 54 valence electrons. The van der Waals surface area contributed by atoms with Crippen LogP contribution in [-0.4, -0.2) is 9.97 Å². The van der Waals surface area contributed by atoms with E-state index in [1.165, 1.54) is 0 Å². The second kappa shape index (κ2) is 2.60. The number of halogens is 1. The van der Waals surface area contributed by atoms with Crippen molar-refractivity contribution in [1.29, 1.82) is 0 Å². The fourth-order valence-electron chi connectivity index (χ4n) is 0.672. The summed E-state index contributed by atoms with van der Waals surface area (Å²) in [7, 11) is 0. The van der Waals surface area contributed by atoms with Gasteiger partial charge in [-0.3, -0.25) is 0 Å². The van der Waals surface area contributed by atoms with Crippen molar-refractivity contribution >= 4 is 0 Å². The van der Waals surface area contributed by atoms with E-state index < -0.39 is 11.5 Å². The average Bonchev–Trinajstić information content (AvgIpc) is 1.94. The Bertz CT molecular complexity index is 281. The van der Waals surface area contributed by atoms with E-state index in [0.717, 1.165) is 6.20 Å². The van der Waals surface area contributed by atoms with Gasteiger partial charge in [-0.1, -0.05) is 6.92 Å². The predicted molar refractivity (Wildman–Crippen MR) is 34.2 cm³/mol. The molecule has 0 radical (unpaired) electrons. The third-order valence-electron chi connectivity index (χ3n) is 1.19. The molecule has 1 aromatic rings. The predicted octanol–water partition coefficient (Wildman–Crippen LogP) is 0.471. The third-order valence-corrected chi connectivity index (χ3v) is 1.19. The first-order chi connectivity index (χ1) is 4.74. The first kappa shape index (κ1) is 6.92. The second-order valence-corrected chi connectivity index (χ2v) is 1.87. The number of aromatic amines is 1. The summed E-state index contributed by atoms with van der Waals surface area (Å²) < 4.78 is 12.5. The number of aryl methyl sites for hydroxylation is 1. The topological polar surface area (TPSA) is 45.8 Å². The number of nitrogens with zero attached hydrogens (tertiary/aromatic N) is 1. The lowest BCUT2D eigenvalue weighted by Crippen LogP contribution is -2.13. The van der Waals surface area contributed by atoms with Crippen LogP contribution in [0.5, 0.6) is 0 Å². The first-order valence-electron chi connectivity index (χ1n) is 2.97. The molecule has 10 heavy (non-hydrogen) atoms. The number of hydrogen-bond donors (Lipinski definition) is 1. The van der Waals surface area contributed by atoms with Gasteiger partial charge in [-0.2, -0.15) is 4.98 Å². The third kappa shape index (κ3) is 1.21. The van der Waals surface area contributed by atoms with Gasteiger partial charge in [0.25, 0.3) is 0 Å². The summed E-state index contributed by atoms with van der Waals surface area (Å²) in [5, 5.41) is 0. The minimum Gasteiger partial charge on any atom is -0.307 e. The monoisotopic (exact) mass is 142 g/mol. The molecular weight excluding hydrogens is 135 g/mol. The van der Waals surface area contributed by atoms with Crippen LogP contribution in [0.1, 0.15) is 12.6 Å². The molecule has 1 rings (SSSR count). The SMILES string of the molecule is CCc1[nH]c(=O)ncc1F. The molecule has 0 spiro atoms. The molecule has 0 fully saturated rings. The number of H-pyrrole nitrogens is 1. The van der Waals surface area contributed by atoms with Crippen molar-refractivity contribution in [2.24, 2.45) is 0 Å². The van der Waals surface area contributed by atoms with Crippen LogP contribution in [0.2, 0.25) is 0 Å². The van der Waals surface area contributed by atoms with Crippen molar-refractivity contribution in [3.63, 3.8) is 0 Å². The summed E-state index contributed by atoms with van der Waals surface area (Å²) in [6.45, 7) is 1.76. The van der Waals surface area contributed by atoms with Gasteiger partial charge in [-0.25, -0.2) is 9.18 Å². The molecule has 1 heterocycles. The molecule has 0 saturated heterocycles. The molecular formula is C6H7FN2O. The second-order valence-electron chi connectivity index (χ2n) is 1.87. The zero-order valence-corrected chi connectivity index (χ0v) is 5.52. The molecule has 4 heteroatoms. The van der Waals surface area contributed by atoms with Crippen molar-refractivity contribution < 1.29 is 4.39 Å². The number of rotatable bonds is 1. The standard InChI is InChI=1S/C6H7FN2O/c1-2-5-4(7)3-8-6(10)9-5/h3H,2H2,1H3,(H,8,9,10). The molecule has 0 bridgehead atoms. The average molecular weight is 142 g/mol. The Morgan fingerprint density at radius 3 is 3.00 bits per heavy atom. The van der Waals surface area contributed by atoms with Gasteiger partial charge in [0, 0.05) is 0 Å². The van der Waals surface area contributed by atoms with Gasteiger partial charge in [0.15, 0.2) is 5.82 Å². The fourth-order valence-corrected chi connectivity index (χ4v) is 0.672. The maximum atomic E-state index is 12.5. The molecule has 3 nitrogen and oxygen atoms in total. The summed E-state index contributed by atoms with van der Waals surface area (Å²) in [5.41, 5.74) is -0.196. The normalized spacial score (nSPS) is 9.80. The van der Waals surface area contributed by atoms with E-state index in [1.807, 2.05) is 0 Å². The molecule has 0 saturated carbocycles. The van der Waals surface area contributed by atoms with Gasteiger partial charge in [0.1, 0.15) is 0 Å². The molecule has 0 amide bonds. The smallest absolute Gasteiger partial charge is 0.307 e. The minimum atomic E-state index is -0.502. The number of nitrogens with one attached hydrogen (secondary N) is 1. The Morgan fingerprint density at radius 2 is 2.50 bits per heavy atom. The van der Waals surface area contributed by atoms with E-state index >= 15 is 0 Å². The van der Waals surface area contributed by atoms with Gasteiger partial charge in [-0.05, 0) is 6.42 Å². The van der Waals surface area contributed by atoms with Crippen LogP contribution in [0.25, 0.3) is 0 Å². The highest BCUT2D eigenvalue weighted by Crippen LogP contribution is 1.97. The van der Waals surface area contributed by atoms with Crippen LogP contribution in [0.4, 0.5) is 4.39 Å². The van der Waals surface area contributed by atoms with E-state index in [-0.39, 0.29) is 0 Å². The molecule has 0 atom stereocenters. The summed E-state index contributed by atoms with van der Waals surface area (Å²) in [6, 6.07) is 0. The molecule has 0 aliphatic carbocycles. The van der Waals surface area contributed by atoms with Crippen molar-refractivity contribution in [3.05, 3.63) is 28.2 Å². The first-order valence-corrected chi connectivity index (χ1v) is 2.97. The fraction of sp³-hybridized carbons (Fsp3) is 0.333. The van der Waals surface area contributed by atoms with Crippen molar-refractivity contribution in [2.75, 3.05) is 0 Å². The minimum absolute atomic E-state index is 0.306. The van der Waals surface area contributed by atoms with Crippen LogP contribution in [-0.2, 0) is 6.42 Å². The number of hydrogen-bond acceptors (Lipinski definition) is 2. The Labute approximate surface area is 56.9 Å². The highest BCUT2D eigenvalue weighted by atomic mass is 19.1. The highest BCUT2D eigenvalue weighted by molar-refractivity contribution is 5.00. The van der Waals surface area contributed by atoms with Crippen LogP contribution in [0, 0.1) is 5.82 Å². The quantitative estimate of drug-likeness (QED) is 0.619.